The van der Waals surface area contributed by atoms with Crippen LogP contribution in [0.3, 0.4) is 0 Å². The molecular weight excluding hydrogens is 607 g/mol. The summed E-state index contributed by atoms with van der Waals surface area (Å²) >= 11 is 6.23. The number of nitrogens with one attached hydrogen (secondary N) is 1. The maximum atomic E-state index is 13.5. The molecule has 1 atom stereocenters. The SMILES string of the molecule is CCC(C(=O)Nc1ccn2c(=O)n(COC)ccc12)n1cc(OC)c(-c2cc(Cl)ccc2-n2cc(C(F)(F)F)nn2)cc1=O. The Morgan fingerprint density at radius 2 is 1.84 bits per heavy atom. The Hall–Kier alpha value is -4.89. The van der Waals surface area contributed by atoms with E-state index < -0.39 is 29.4 Å². The van der Waals surface area contributed by atoms with E-state index in [1.807, 2.05) is 0 Å². The number of carbonyl (C=O) groups excluding carboxylic acids is 1. The van der Waals surface area contributed by atoms with Crippen molar-refractivity contribution in [2.24, 2.45) is 0 Å². The monoisotopic (exact) mass is 631 g/mol. The van der Waals surface area contributed by atoms with Gasteiger partial charge in [0.2, 0.25) is 5.91 Å². The lowest BCUT2D eigenvalue weighted by atomic mass is 10.0. The van der Waals surface area contributed by atoms with Gasteiger partial charge in [0.05, 0.1) is 36.4 Å². The number of nitrogens with zero attached hydrogens (tertiary/aromatic N) is 6. The summed E-state index contributed by atoms with van der Waals surface area (Å²) in [5.74, 6) is -0.382. The van der Waals surface area contributed by atoms with Crippen LogP contribution in [0.25, 0.3) is 22.3 Å². The van der Waals surface area contributed by atoms with Gasteiger partial charge in [-0.15, -0.1) is 5.10 Å². The van der Waals surface area contributed by atoms with Crippen LogP contribution in [0, 0.1) is 0 Å². The number of aromatic nitrogens is 6. The Bertz CT molecular complexity index is 1980. The minimum atomic E-state index is -4.71. The first kappa shape index (κ1) is 30.6. The Labute approximate surface area is 251 Å². The summed E-state index contributed by atoms with van der Waals surface area (Å²) in [5.41, 5.74) is -0.744. The number of fused-ring (bicyclic) bond motifs is 1. The number of rotatable bonds is 9. The number of amides is 1. The van der Waals surface area contributed by atoms with Gasteiger partial charge in [-0.05, 0) is 36.8 Å². The lowest BCUT2D eigenvalue weighted by Gasteiger charge is -2.20. The summed E-state index contributed by atoms with van der Waals surface area (Å²) in [5, 5.41) is 9.84. The molecule has 4 aromatic heterocycles. The van der Waals surface area contributed by atoms with E-state index >= 15 is 0 Å². The molecule has 4 heterocycles. The number of hydrogen-bond acceptors (Lipinski definition) is 7. The van der Waals surface area contributed by atoms with Crippen molar-refractivity contribution in [1.29, 1.82) is 0 Å². The van der Waals surface area contributed by atoms with Crippen LogP contribution in [0.1, 0.15) is 25.1 Å². The van der Waals surface area contributed by atoms with Gasteiger partial charge in [0.1, 0.15) is 18.5 Å². The number of halogens is 4. The summed E-state index contributed by atoms with van der Waals surface area (Å²) < 4.78 is 55.0. The molecule has 0 aliphatic rings. The first-order chi connectivity index (χ1) is 21.0. The van der Waals surface area contributed by atoms with Crippen LogP contribution >= 0.6 is 11.6 Å². The molecular formula is C28H25ClF3N7O5. The molecule has 16 heteroatoms. The Morgan fingerprint density at radius 3 is 2.50 bits per heavy atom. The Kier molecular flexibility index (Phi) is 8.34. The van der Waals surface area contributed by atoms with Crippen LogP contribution in [0.15, 0.2) is 70.8 Å². The van der Waals surface area contributed by atoms with Crippen LogP contribution < -0.4 is 21.3 Å². The number of benzene rings is 1. The van der Waals surface area contributed by atoms with Crippen LogP contribution in [-0.2, 0) is 22.4 Å². The van der Waals surface area contributed by atoms with Crippen LogP contribution in [-0.4, -0.2) is 48.7 Å². The number of ether oxygens (including phenoxy) is 2. The van der Waals surface area contributed by atoms with Gasteiger partial charge in [-0.1, -0.05) is 23.7 Å². The van der Waals surface area contributed by atoms with E-state index in [-0.39, 0.29) is 46.4 Å². The van der Waals surface area contributed by atoms with E-state index in [2.05, 4.69) is 15.6 Å². The summed E-state index contributed by atoms with van der Waals surface area (Å²) in [6.07, 6.45) is 0.614. The van der Waals surface area contributed by atoms with Gasteiger partial charge in [-0.2, -0.15) is 13.2 Å². The van der Waals surface area contributed by atoms with Crippen molar-refractivity contribution in [1.82, 2.24) is 28.5 Å². The maximum Gasteiger partial charge on any atom is 0.436 e. The Balaban J connectivity index is 1.52. The second-order valence-corrected chi connectivity index (χ2v) is 10.0. The zero-order valence-corrected chi connectivity index (χ0v) is 24.3. The zero-order chi connectivity index (χ0) is 31.8. The number of pyridine rings is 1. The molecule has 0 saturated carbocycles. The quantitative estimate of drug-likeness (QED) is 0.256. The topological polar surface area (TPSA) is 127 Å². The molecule has 0 bridgehead atoms. The number of anilines is 1. The van der Waals surface area contributed by atoms with Crippen molar-refractivity contribution in [3.8, 4) is 22.6 Å². The molecule has 0 aliphatic carbocycles. The van der Waals surface area contributed by atoms with Gasteiger partial charge in [0.15, 0.2) is 5.69 Å². The molecule has 44 heavy (non-hydrogen) atoms. The second-order valence-electron chi connectivity index (χ2n) is 9.59. The fraction of sp³-hybridized carbons (Fsp3) is 0.250. The van der Waals surface area contributed by atoms with Crippen LogP contribution in [0.2, 0.25) is 5.02 Å². The molecule has 5 rings (SSSR count). The highest BCUT2D eigenvalue weighted by atomic mass is 35.5. The van der Waals surface area contributed by atoms with Crippen molar-refractivity contribution in [2.45, 2.75) is 32.3 Å². The molecule has 1 N–H and O–H groups in total. The van der Waals surface area contributed by atoms with Crippen molar-refractivity contribution in [3.05, 3.63) is 92.7 Å². The first-order valence-electron chi connectivity index (χ1n) is 13.1. The average Bonchev–Trinajstić information content (AvgIpc) is 3.64. The average molecular weight is 632 g/mol. The van der Waals surface area contributed by atoms with Gasteiger partial charge >= 0.3 is 11.9 Å². The van der Waals surface area contributed by atoms with E-state index in [9.17, 15) is 27.6 Å². The minimum Gasteiger partial charge on any atom is -0.495 e. The predicted molar refractivity (Wildman–Crippen MR) is 154 cm³/mol. The minimum absolute atomic E-state index is 0.0530. The second kappa shape index (κ2) is 12.0. The third kappa shape index (κ3) is 5.70. The van der Waals surface area contributed by atoms with Crippen molar-refractivity contribution in [3.63, 3.8) is 0 Å². The van der Waals surface area contributed by atoms with Crippen molar-refractivity contribution in [2.75, 3.05) is 19.5 Å². The molecule has 5 aromatic rings. The van der Waals surface area contributed by atoms with E-state index in [0.717, 1.165) is 10.9 Å². The normalized spacial score (nSPS) is 12.4. The number of carbonyl (C=O) groups is 1. The fourth-order valence-electron chi connectivity index (χ4n) is 4.79. The lowest BCUT2D eigenvalue weighted by molar-refractivity contribution is -0.141. The molecule has 0 fully saturated rings. The molecule has 0 radical (unpaired) electrons. The standard InChI is InChI=1S/C28H25ClF3N7O5/c1-4-20(26(41)33-19-7-10-37-22(19)8-9-36(15-43-2)27(37)42)38-13-23(44-3)18(12-25(38)40)17-11-16(29)5-6-21(17)39-14-24(34-35-39)28(30,31)32/h5-14,20H,4,15H2,1-3H3,(H,33,41). The summed E-state index contributed by atoms with van der Waals surface area (Å²) in [6, 6.07) is 7.78. The molecule has 12 nitrogen and oxygen atoms in total. The summed E-state index contributed by atoms with van der Waals surface area (Å²) in [4.78, 5) is 39.6. The Morgan fingerprint density at radius 1 is 1.07 bits per heavy atom. The summed E-state index contributed by atoms with van der Waals surface area (Å²) in [7, 11) is 2.81. The lowest BCUT2D eigenvalue weighted by Crippen LogP contribution is -2.33. The van der Waals surface area contributed by atoms with Crippen molar-refractivity contribution < 1.29 is 27.4 Å². The van der Waals surface area contributed by atoms with Gasteiger partial charge < -0.3 is 14.8 Å². The highest BCUT2D eigenvalue weighted by Crippen LogP contribution is 2.36. The first-order valence-corrected chi connectivity index (χ1v) is 13.4. The van der Waals surface area contributed by atoms with E-state index in [1.54, 1.807) is 19.1 Å². The molecule has 1 amide bonds. The molecule has 230 valence electrons. The number of alkyl halides is 3. The highest BCUT2D eigenvalue weighted by molar-refractivity contribution is 6.31. The van der Waals surface area contributed by atoms with Crippen LogP contribution in [0.4, 0.5) is 18.9 Å². The summed E-state index contributed by atoms with van der Waals surface area (Å²) in [6.45, 7) is 1.77. The number of methoxy groups -OCH3 is 2. The van der Waals surface area contributed by atoms with Gasteiger partial charge in [-0.25, -0.2) is 9.48 Å². The number of hydrogen-bond donors (Lipinski definition) is 1. The molecule has 1 aromatic carbocycles. The molecule has 0 aliphatic heterocycles. The smallest absolute Gasteiger partial charge is 0.436 e. The largest absolute Gasteiger partial charge is 0.495 e. The third-order valence-electron chi connectivity index (χ3n) is 6.88. The van der Waals surface area contributed by atoms with Crippen molar-refractivity contribution >= 4 is 28.7 Å². The predicted octanol–water partition coefficient (Wildman–Crippen LogP) is 4.38. The van der Waals surface area contributed by atoms with Gasteiger partial charge in [0, 0.05) is 41.7 Å². The third-order valence-corrected chi connectivity index (χ3v) is 7.12. The van der Waals surface area contributed by atoms with Gasteiger partial charge in [-0.3, -0.25) is 23.1 Å². The van der Waals surface area contributed by atoms with Crippen LogP contribution in [0.5, 0.6) is 5.75 Å². The van der Waals surface area contributed by atoms with E-state index in [0.29, 0.717) is 11.2 Å². The van der Waals surface area contributed by atoms with E-state index in [1.165, 1.54) is 70.6 Å². The highest BCUT2D eigenvalue weighted by Gasteiger charge is 2.35. The molecule has 0 saturated heterocycles. The maximum absolute atomic E-state index is 13.5. The van der Waals surface area contributed by atoms with Gasteiger partial charge in [0.25, 0.3) is 5.56 Å². The van der Waals surface area contributed by atoms with E-state index in [4.69, 9.17) is 21.1 Å². The molecule has 0 spiro atoms. The fourth-order valence-corrected chi connectivity index (χ4v) is 4.96. The zero-order valence-electron chi connectivity index (χ0n) is 23.5. The molecule has 1 unspecified atom stereocenters.